The summed E-state index contributed by atoms with van der Waals surface area (Å²) >= 11 is 0. The first-order valence-electron chi connectivity index (χ1n) is 11.4. The summed E-state index contributed by atoms with van der Waals surface area (Å²) in [5, 5.41) is 19.3. The van der Waals surface area contributed by atoms with Gasteiger partial charge in [-0.15, -0.1) is 15.3 Å². The van der Waals surface area contributed by atoms with Gasteiger partial charge in [-0.2, -0.15) is 21.9 Å². The number of rotatable bonds is 6. The zero-order valence-corrected chi connectivity index (χ0v) is 21.9. The molecule has 0 aromatic heterocycles. The first kappa shape index (κ1) is 26.3. The molecule has 39 heavy (non-hydrogen) atoms. The van der Waals surface area contributed by atoms with Crippen molar-refractivity contribution in [2.45, 2.75) is 16.7 Å². The van der Waals surface area contributed by atoms with Crippen LogP contribution in [-0.4, -0.2) is 25.9 Å². The second kappa shape index (κ2) is 10.1. The van der Waals surface area contributed by atoms with Crippen molar-refractivity contribution in [1.29, 1.82) is 0 Å². The summed E-state index contributed by atoms with van der Waals surface area (Å²) in [5.41, 5.74) is 2.58. The van der Waals surface area contributed by atoms with Crippen LogP contribution in [0.1, 0.15) is 5.56 Å². The molecule has 0 atom stereocenters. The number of hydrogen-bond donors (Lipinski definition) is 2. The van der Waals surface area contributed by atoms with Crippen LogP contribution in [0.3, 0.4) is 0 Å². The van der Waals surface area contributed by atoms with Crippen LogP contribution < -0.4 is 0 Å². The lowest BCUT2D eigenvalue weighted by atomic mass is 10.0. The molecule has 0 aliphatic rings. The summed E-state index contributed by atoms with van der Waals surface area (Å²) in [6, 6.07) is 24.0. The van der Waals surface area contributed by atoms with Crippen LogP contribution >= 0.6 is 0 Å². The van der Waals surface area contributed by atoms with E-state index in [-0.39, 0.29) is 9.79 Å². The summed E-state index contributed by atoms with van der Waals surface area (Å²) < 4.78 is 65.9. The minimum absolute atomic E-state index is 0.240. The van der Waals surface area contributed by atoms with Crippen molar-refractivity contribution in [3.8, 4) is 0 Å². The van der Waals surface area contributed by atoms with Crippen molar-refractivity contribution in [2.75, 3.05) is 0 Å². The predicted octanol–water partition coefficient (Wildman–Crippen LogP) is 7.63. The van der Waals surface area contributed by atoms with E-state index in [1.54, 1.807) is 43.3 Å². The van der Waals surface area contributed by atoms with Crippen LogP contribution in [0.15, 0.2) is 121 Å². The third-order valence-corrected chi connectivity index (χ3v) is 7.71. The maximum Gasteiger partial charge on any atom is 0.294 e. The smallest absolute Gasteiger partial charge is 0.282 e. The Morgan fingerprint density at radius 2 is 0.974 bits per heavy atom. The third kappa shape index (κ3) is 5.59. The van der Waals surface area contributed by atoms with Crippen molar-refractivity contribution in [2.24, 2.45) is 20.5 Å². The molecule has 0 fully saturated rings. The summed E-state index contributed by atoms with van der Waals surface area (Å²) in [6.45, 7) is 1.80. The van der Waals surface area contributed by atoms with E-state index in [9.17, 15) is 25.9 Å². The Morgan fingerprint density at radius 1 is 0.513 bits per heavy atom. The van der Waals surface area contributed by atoms with Gasteiger partial charge in [-0.1, -0.05) is 36.4 Å². The van der Waals surface area contributed by atoms with E-state index in [0.717, 1.165) is 5.56 Å². The Bertz CT molecular complexity index is 2030. The molecule has 0 amide bonds. The minimum Gasteiger partial charge on any atom is -0.282 e. The van der Waals surface area contributed by atoms with Crippen molar-refractivity contribution in [3.63, 3.8) is 0 Å². The normalized spacial score (nSPS) is 12.7. The number of fused-ring (bicyclic) bond motifs is 2. The zero-order chi connectivity index (χ0) is 27.8. The van der Waals surface area contributed by atoms with Gasteiger partial charge in [-0.05, 0) is 72.5 Å². The van der Waals surface area contributed by atoms with Gasteiger partial charge in [0.2, 0.25) is 0 Å². The number of azo groups is 2. The number of benzene rings is 5. The van der Waals surface area contributed by atoms with Gasteiger partial charge >= 0.3 is 0 Å². The Hall–Kier alpha value is -4.36. The number of hydrogen-bond acceptors (Lipinski definition) is 8. The topological polar surface area (TPSA) is 158 Å². The first-order valence-corrected chi connectivity index (χ1v) is 14.3. The molecular formula is C27H20N4O6S2. The molecule has 0 aliphatic carbocycles. The van der Waals surface area contributed by atoms with Crippen LogP contribution in [-0.2, 0) is 20.2 Å². The zero-order valence-electron chi connectivity index (χ0n) is 20.3. The molecule has 0 spiro atoms. The molecule has 0 unspecified atom stereocenters. The maximum absolute atomic E-state index is 11.8. The fourth-order valence-electron chi connectivity index (χ4n) is 4.05. The third-order valence-electron chi connectivity index (χ3n) is 6.02. The van der Waals surface area contributed by atoms with Gasteiger partial charge < -0.3 is 0 Å². The lowest BCUT2D eigenvalue weighted by Crippen LogP contribution is -1.97. The molecule has 5 rings (SSSR count). The van der Waals surface area contributed by atoms with Gasteiger partial charge in [0.1, 0.15) is 0 Å². The van der Waals surface area contributed by atoms with Crippen molar-refractivity contribution >= 4 is 64.5 Å². The van der Waals surface area contributed by atoms with Crippen molar-refractivity contribution < 1.29 is 25.9 Å². The first-order chi connectivity index (χ1) is 18.5. The Balaban J connectivity index is 1.64. The van der Waals surface area contributed by atoms with Gasteiger partial charge in [0, 0.05) is 16.2 Å². The average Bonchev–Trinajstić information content (AvgIpc) is 2.91. The highest BCUT2D eigenvalue weighted by atomic mass is 32.2. The fourth-order valence-corrected chi connectivity index (χ4v) is 5.06. The molecule has 2 N–H and O–H groups in total. The lowest BCUT2D eigenvalue weighted by Gasteiger charge is -2.08. The van der Waals surface area contributed by atoms with Gasteiger partial charge in [0.15, 0.2) is 0 Å². The van der Waals surface area contributed by atoms with Crippen LogP contribution in [0.25, 0.3) is 21.5 Å². The van der Waals surface area contributed by atoms with E-state index in [0.29, 0.717) is 44.3 Å². The molecule has 10 nitrogen and oxygen atoms in total. The molecule has 0 aliphatic heterocycles. The summed E-state index contributed by atoms with van der Waals surface area (Å²) in [5.74, 6) is 0. The van der Waals surface area contributed by atoms with E-state index in [2.05, 4.69) is 20.5 Å². The summed E-state index contributed by atoms with van der Waals surface area (Å²) in [4.78, 5) is -0.557. The molecule has 0 saturated carbocycles. The molecule has 0 bridgehead atoms. The summed E-state index contributed by atoms with van der Waals surface area (Å²) in [6.07, 6.45) is 0. The van der Waals surface area contributed by atoms with Crippen LogP contribution in [0.2, 0.25) is 0 Å². The second-order valence-corrected chi connectivity index (χ2v) is 11.4. The van der Waals surface area contributed by atoms with Crippen LogP contribution in [0.4, 0.5) is 22.7 Å². The van der Waals surface area contributed by atoms with Crippen LogP contribution in [0, 0.1) is 6.92 Å². The number of aryl methyl sites for hydroxylation is 1. The monoisotopic (exact) mass is 560 g/mol. The summed E-state index contributed by atoms with van der Waals surface area (Å²) in [7, 11) is -8.88. The molecule has 196 valence electrons. The maximum atomic E-state index is 11.8. The largest absolute Gasteiger partial charge is 0.294 e. The highest BCUT2D eigenvalue weighted by Crippen LogP contribution is 2.38. The Kier molecular flexibility index (Phi) is 6.78. The van der Waals surface area contributed by atoms with Crippen molar-refractivity contribution in [1.82, 2.24) is 0 Å². The molecule has 5 aromatic rings. The second-order valence-electron chi connectivity index (χ2n) is 8.61. The lowest BCUT2D eigenvalue weighted by molar-refractivity contribution is 0.481. The van der Waals surface area contributed by atoms with Gasteiger partial charge in [0.25, 0.3) is 20.2 Å². The van der Waals surface area contributed by atoms with E-state index >= 15 is 0 Å². The highest BCUT2D eigenvalue weighted by Gasteiger charge is 2.15. The SMILES string of the molecule is Cc1ccc(N=Nc2ccc(N=Nc3ccccc3)c3ccc(S(=O)(=O)O)cc23)c2ccc(S(=O)(=O)O)cc12. The molecular weight excluding hydrogens is 540 g/mol. The quantitative estimate of drug-likeness (QED) is 0.160. The van der Waals surface area contributed by atoms with Crippen LogP contribution in [0.5, 0.6) is 0 Å². The van der Waals surface area contributed by atoms with E-state index < -0.39 is 20.2 Å². The Morgan fingerprint density at radius 3 is 1.54 bits per heavy atom. The molecule has 12 heteroatoms. The highest BCUT2D eigenvalue weighted by molar-refractivity contribution is 7.86. The Labute approximate surface area is 223 Å². The minimum atomic E-state index is -4.49. The molecule has 0 saturated heterocycles. The van der Waals surface area contributed by atoms with Gasteiger partial charge in [-0.25, -0.2) is 0 Å². The molecule has 5 aromatic carbocycles. The number of nitrogens with zero attached hydrogens (tertiary/aromatic N) is 4. The fraction of sp³-hybridized carbons (Fsp3) is 0.0370. The predicted molar refractivity (Wildman–Crippen MR) is 147 cm³/mol. The standard InChI is InChI=1S/C27H20N4O6S2/c1-17-7-12-25(21-10-8-19(15-23(17)21)38(32,33)34)30-31-27-14-13-26(29-28-18-5-3-2-4-6-18)22-11-9-20(16-24(22)27)39(35,36)37/h2-16H,1H3,(H,32,33,34)(H,35,36,37). The van der Waals surface area contributed by atoms with Gasteiger partial charge in [0.05, 0.1) is 32.5 Å². The molecule has 0 heterocycles. The van der Waals surface area contributed by atoms with Crippen molar-refractivity contribution in [3.05, 3.63) is 96.6 Å². The molecule has 0 radical (unpaired) electrons. The van der Waals surface area contributed by atoms with E-state index in [1.807, 2.05) is 18.2 Å². The van der Waals surface area contributed by atoms with Gasteiger partial charge in [-0.3, -0.25) is 9.11 Å². The average molecular weight is 561 g/mol. The van der Waals surface area contributed by atoms with E-state index in [4.69, 9.17) is 0 Å². The van der Waals surface area contributed by atoms with E-state index in [1.165, 1.54) is 36.4 Å².